The number of hydrogen-bond acceptors (Lipinski definition) is 1. The van der Waals surface area contributed by atoms with Gasteiger partial charge in [-0.05, 0) is 55.4 Å². The van der Waals surface area contributed by atoms with E-state index in [0.29, 0.717) is 10.8 Å². The quantitative estimate of drug-likeness (QED) is 0.763. The Morgan fingerprint density at radius 2 is 1.56 bits per heavy atom. The van der Waals surface area contributed by atoms with Crippen LogP contribution in [0.1, 0.15) is 66.2 Å². The van der Waals surface area contributed by atoms with E-state index in [1.165, 1.54) is 45.1 Å². The first-order valence-corrected chi connectivity index (χ1v) is 7.10. The lowest BCUT2D eigenvalue weighted by Crippen LogP contribution is -2.45. The molecule has 0 atom stereocenters. The van der Waals surface area contributed by atoms with E-state index in [2.05, 4.69) is 33.0 Å². The van der Waals surface area contributed by atoms with Gasteiger partial charge in [-0.25, -0.2) is 0 Å². The molecule has 94 valence electrons. The highest BCUT2D eigenvalue weighted by Gasteiger charge is 2.38. The van der Waals surface area contributed by atoms with Gasteiger partial charge in [0, 0.05) is 6.04 Å². The Hall–Kier alpha value is -0.0400. The topological polar surface area (TPSA) is 12.0 Å². The molecule has 0 radical (unpaired) electrons. The largest absolute Gasteiger partial charge is 0.314 e. The van der Waals surface area contributed by atoms with Gasteiger partial charge >= 0.3 is 0 Å². The van der Waals surface area contributed by atoms with E-state index in [1.807, 2.05) is 0 Å². The fourth-order valence-electron chi connectivity index (χ4n) is 4.02. The molecule has 1 nitrogen and oxygen atoms in total. The lowest BCUT2D eigenvalue weighted by molar-refractivity contribution is 0.0812. The van der Waals surface area contributed by atoms with E-state index in [-0.39, 0.29) is 0 Å². The van der Waals surface area contributed by atoms with E-state index >= 15 is 0 Å². The molecule has 2 rings (SSSR count). The standard InChI is InChI=1S/C15H29N/c1-14(2)8-13(9-15(3,4)11-14)16-10-12-6-5-7-12/h12-13,16H,5-11H2,1-4H3. The zero-order chi connectivity index (χ0) is 11.8. The molecule has 0 saturated heterocycles. The summed E-state index contributed by atoms with van der Waals surface area (Å²) in [4.78, 5) is 0. The van der Waals surface area contributed by atoms with E-state index in [0.717, 1.165) is 12.0 Å². The number of rotatable bonds is 3. The van der Waals surface area contributed by atoms with Crippen LogP contribution in [0.4, 0.5) is 0 Å². The smallest absolute Gasteiger partial charge is 0.00773 e. The molecule has 0 aromatic heterocycles. The van der Waals surface area contributed by atoms with Crippen LogP contribution in [0.15, 0.2) is 0 Å². The average Bonchev–Trinajstić information content (AvgIpc) is 1.94. The number of hydrogen-bond donors (Lipinski definition) is 1. The van der Waals surface area contributed by atoms with Gasteiger partial charge in [0.05, 0.1) is 0 Å². The van der Waals surface area contributed by atoms with E-state index in [4.69, 9.17) is 0 Å². The van der Waals surface area contributed by atoms with Crippen molar-refractivity contribution in [1.82, 2.24) is 5.32 Å². The van der Waals surface area contributed by atoms with Gasteiger partial charge in [-0.15, -0.1) is 0 Å². The van der Waals surface area contributed by atoms with Crippen molar-refractivity contribution >= 4 is 0 Å². The molecule has 16 heavy (non-hydrogen) atoms. The molecule has 1 heteroatoms. The van der Waals surface area contributed by atoms with E-state index < -0.39 is 0 Å². The minimum atomic E-state index is 0.527. The second kappa shape index (κ2) is 4.33. The monoisotopic (exact) mass is 223 g/mol. The van der Waals surface area contributed by atoms with Crippen LogP contribution < -0.4 is 5.32 Å². The van der Waals surface area contributed by atoms with Crippen LogP contribution in [-0.4, -0.2) is 12.6 Å². The van der Waals surface area contributed by atoms with E-state index in [9.17, 15) is 0 Å². The molecule has 0 spiro atoms. The maximum Gasteiger partial charge on any atom is 0.00773 e. The maximum atomic E-state index is 3.83. The zero-order valence-electron chi connectivity index (χ0n) is 11.6. The Labute approximate surface area is 101 Å². The van der Waals surface area contributed by atoms with Crippen LogP contribution in [-0.2, 0) is 0 Å². The lowest BCUT2D eigenvalue weighted by atomic mass is 9.63. The predicted molar refractivity (Wildman–Crippen MR) is 70.5 cm³/mol. The van der Waals surface area contributed by atoms with Crippen LogP contribution >= 0.6 is 0 Å². The fourth-order valence-corrected chi connectivity index (χ4v) is 4.02. The Balaban J connectivity index is 1.83. The molecule has 2 fully saturated rings. The summed E-state index contributed by atoms with van der Waals surface area (Å²) in [6, 6.07) is 0.763. The van der Waals surface area contributed by atoms with Gasteiger partial charge in [-0.1, -0.05) is 34.1 Å². The van der Waals surface area contributed by atoms with Crippen molar-refractivity contribution in [2.75, 3.05) is 6.54 Å². The Morgan fingerprint density at radius 3 is 2.00 bits per heavy atom. The molecule has 0 bridgehead atoms. The minimum Gasteiger partial charge on any atom is -0.314 e. The lowest BCUT2D eigenvalue weighted by Gasteiger charge is -2.45. The Kier molecular flexibility index (Phi) is 3.36. The summed E-state index contributed by atoms with van der Waals surface area (Å²) in [5.41, 5.74) is 1.05. The molecule has 0 unspecified atom stereocenters. The first kappa shape index (κ1) is 12.4. The first-order chi connectivity index (χ1) is 7.36. The Bertz CT molecular complexity index is 222. The van der Waals surface area contributed by atoms with Gasteiger partial charge in [0.2, 0.25) is 0 Å². The van der Waals surface area contributed by atoms with Crippen molar-refractivity contribution in [3.63, 3.8) is 0 Å². The van der Waals surface area contributed by atoms with Crippen LogP contribution in [0, 0.1) is 16.7 Å². The second-order valence-corrected chi connectivity index (χ2v) is 7.82. The van der Waals surface area contributed by atoms with Crippen LogP contribution in [0.2, 0.25) is 0 Å². The normalized spacial score (nSPS) is 30.0. The maximum absolute atomic E-state index is 3.83. The molecule has 0 amide bonds. The molecule has 2 saturated carbocycles. The molecule has 0 aliphatic heterocycles. The molecule has 0 aromatic carbocycles. The summed E-state index contributed by atoms with van der Waals surface area (Å²) in [6.45, 7) is 11.0. The van der Waals surface area contributed by atoms with Crippen LogP contribution in [0.25, 0.3) is 0 Å². The van der Waals surface area contributed by atoms with E-state index in [1.54, 1.807) is 0 Å². The third-order valence-electron chi connectivity index (χ3n) is 4.48. The van der Waals surface area contributed by atoms with Gasteiger partial charge < -0.3 is 5.32 Å². The van der Waals surface area contributed by atoms with Gasteiger partial charge in [0.1, 0.15) is 0 Å². The molecule has 0 heterocycles. The number of nitrogens with one attached hydrogen (secondary N) is 1. The fraction of sp³-hybridized carbons (Fsp3) is 1.00. The zero-order valence-corrected chi connectivity index (χ0v) is 11.6. The van der Waals surface area contributed by atoms with Crippen molar-refractivity contribution in [3.8, 4) is 0 Å². The molecule has 2 aliphatic rings. The summed E-state index contributed by atoms with van der Waals surface area (Å²) in [5, 5.41) is 3.83. The van der Waals surface area contributed by atoms with Gasteiger partial charge in [0.25, 0.3) is 0 Å². The minimum absolute atomic E-state index is 0.527. The highest BCUT2D eigenvalue weighted by atomic mass is 14.9. The van der Waals surface area contributed by atoms with Crippen molar-refractivity contribution in [2.45, 2.75) is 72.3 Å². The highest BCUT2D eigenvalue weighted by Crippen LogP contribution is 2.45. The van der Waals surface area contributed by atoms with Crippen molar-refractivity contribution in [2.24, 2.45) is 16.7 Å². The SMILES string of the molecule is CC1(C)CC(NCC2CCC2)CC(C)(C)C1. The molecule has 2 aliphatic carbocycles. The van der Waals surface area contributed by atoms with Gasteiger partial charge in [-0.3, -0.25) is 0 Å². The summed E-state index contributed by atoms with van der Waals surface area (Å²) in [7, 11) is 0. The third-order valence-corrected chi connectivity index (χ3v) is 4.48. The van der Waals surface area contributed by atoms with Crippen molar-refractivity contribution in [3.05, 3.63) is 0 Å². The van der Waals surface area contributed by atoms with Crippen molar-refractivity contribution < 1.29 is 0 Å². The van der Waals surface area contributed by atoms with Crippen LogP contribution in [0.3, 0.4) is 0 Å². The summed E-state index contributed by atoms with van der Waals surface area (Å²) in [5.74, 6) is 0.994. The molecule has 0 aromatic rings. The first-order valence-electron chi connectivity index (χ1n) is 7.10. The van der Waals surface area contributed by atoms with Crippen LogP contribution in [0.5, 0.6) is 0 Å². The molecule has 1 N–H and O–H groups in total. The summed E-state index contributed by atoms with van der Waals surface area (Å²) < 4.78 is 0. The summed E-state index contributed by atoms with van der Waals surface area (Å²) in [6.07, 6.45) is 8.50. The highest BCUT2D eigenvalue weighted by molar-refractivity contribution is 4.92. The van der Waals surface area contributed by atoms with Gasteiger partial charge in [0.15, 0.2) is 0 Å². The molecular formula is C15H29N. The third kappa shape index (κ3) is 3.23. The second-order valence-electron chi connectivity index (χ2n) is 7.82. The van der Waals surface area contributed by atoms with Crippen molar-refractivity contribution in [1.29, 1.82) is 0 Å². The van der Waals surface area contributed by atoms with Gasteiger partial charge in [-0.2, -0.15) is 0 Å². The summed E-state index contributed by atoms with van der Waals surface area (Å²) >= 11 is 0. The Morgan fingerprint density at radius 1 is 1.00 bits per heavy atom. The predicted octanol–water partition coefficient (Wildman–Crippen LogP) is 3.98. The average molecular weight is 223 g/mol. The molecular weight excluding hydrogens is 194 g/mol.